The summed E-state index contributed by atoms with van der Waals surface area (Å²) in [6.07, 6.45) is 1.70. The molecule has 0 aliphatic heterocycles. The van der Waals surface area contributed by atoms with E-state index in [0.717, 1.165) is 10.2 Å². The van der Waals surface area contributed by atoms with Gasteiger partial charge in [-0.3, -0.25) is 4.79 Å². The van der Waals surface area contributed by atoms with Crippen molar-refractivity contribution in [3.05, 3.63) is 23.2 Å². The summed E-state index contributed by atoms with van der Waals surface area (Å²) < 4.78 is 0. The molecule has 0 saturated heterocycles. The zero-order valence-electron chi connectivity index (χ0n) is 7.07. The fourth-order valence-corrected chi connectivity index (χ4v) is 2.17. The van der Waals surface area contributed by atoms with Crippen LogP contribution in [0.25, 0.3) is 10.2 Å². The van der Waals surface area contributed by atoms with E-state index in [1.807, 2.05) is 12.1 Å². The number of thiophene rings is 1. The second-order valence-corrected chi connectivity index (χ2v) is 3.76. The maximum atomic E-state index is 11.1. The van der Waals surface area contributed by atoms with Crippen molar-refractivity contribution in [3.8, 4) is 0 Å². The van der Waals surface area contributed by atoms with Crippen LogP contribution in [0.5, 0.6) is 0 Å². The van der Waals surface area contributed by atoms with Gasteiger partial charge in [-0.1, -0.05) is 0 Å². The van der Waals surface area contributed by atoms with E-state index in [9.17, 15) is 4.79 Å². The second-order valence-electron chi connectivity index (χ2n) is 2.76. The smallest absolute Gasteiger partial charge is 0.171 e. The lowest BCUT2D eigenvalue weighted by molar-refractivity contribution is 0.102. The van der Waals surface area contributed by atoms with Crippen LogP contribution in [0.4, 0.5) is 5.69 Å². The molecule has 0 unspecified atom stereocenters. The van der Waals surface area contributed by atoms with Gasteiger partial charge in [0.25, 0.3) is 0 Å². The van der Waals surface area contributed by atoms with E-state index in [0.29, 0.717) is 10.6 Å². The first-order valence-electron chi connectivity index (χ1n) is 3.84. The lowest BCUT2D eigenvalue weighted by atomic mass is 10.2. The van der Waals surface area contributed by atoms with E-state index >= 15 is 0 Å². The summed E-state index contributed by atoms with van der Waals surface area (Å²) >= 11 is 1.35. The molecule has 66 valence electrons. The number of aromatic nitrogens is 1. The summed E-state index contributed by atoms with van der Waals surface area (Å²) in [5, 5.41) is 0.873. The number of nitrogens with two attached hydrogens (primary N) is 1. The quantitative estimate of drug-likeness (QED) is 0.704. The van der Waals surface area contributed by atoms with Gasteiger partial charge in [0.15, 0.2) is 5.78 Å². The summed E-state index contributed by atoms with van der Waals surface area (Å²) in [7, 11) is 0. The fourth-order valence-electron chi connectivity index (χ4n) is 1.21. The SMILES string of the molecule is CC(=O)c1sc2ncccc2c1N. The van der Waals surface area contributed by atoms with Gasteiger partial charge in [0.1, 0.15) is 4.83 Å². The van der Waals surface area contributed by atoms with Gasteiger partial charge < -0.3 is 5.73 Å². The number of hydrogen-bond donors (Lipinski definition) is 1. The fraction of sp³-hybridized carbons (Fsp3) is 0.111. The first-order chi connectivity index (χ1) is 6.20. The van der Waals surface area contributed by atoms with E-state index in [1.54, 1.807) is 6.20 Å². The lowest BCUT2D eigenvalue weighted by Gasteiger charge is -1.90. The lowest BCUT2D eigenvalue weighted by Crippen LogP contribution is -1.93. The molecule has 0 amide bonds. The largest absolute Gasteiger partial charge is 0.397 e. The maximum absolute atomic E-state index is 11.1. The van der Waals surface area contributed by atoms with Gasteiger partial charge >= 0.3 is 0 Å². The van der Waals surface area contributed by atoms with Crippen molar-refractivity contribution in [2.24, 2.45) is 0 Å². The molecule has 0 fully saturated rings. The third-order valence-corrected chi connectivity index (χ3v) is 3.05. The van der Waals surface area contributed by atoms with Crippen molar-refractivity contribution in [3.63, 3.8) is 0 Å². The number of carbonyl (C=O) groups is 1. The van der Waals surface area contributed by atoms with Gasteiger partial charge in [0, 0.05) is 18.5 Å². The summed E-state index contributed by atoms with van der Waals surface area (Å²) in [5.74, 6) is 0.000463. The third-order valence-electron chi connectivity index (χ3n) is 1.82. The third kappa shape index (κ3) is 1.19. The molecule has 2 rings (SSSR count). The molecule has 0 bridgehead atoms. The molecule has 2 aromatic rings. The number of fused-ring (bicyclic) bond motifs is 1. The van der Waals surface area contributed by atoms with Crippen LogP contribution < -0.4 is 5.73 Å². The molecule has 0 aromatic carbocycles. The highest BCUT2D eigenvalue weighted by molar-refractivity contribution is 7.21. The van der Waals surface area contributed by atoms with Gasteiger partial charge in [-0.15, -0.1) is 11.3 Å². The minimum Gasteiger partial charge on any atom is -0.397 e. The molecule has 0 atom stereocenters. The standard InChI is InChI=1S/C9H8N2OS/c1-5(12)8-7(10)6-3-2-4-11-9(6)13-8/h2-4H,10H2,1H3. The van der Waals surface area contributed by atoms with Crippen molar-refractivity contribution in [2.45, 2.75) is 6.92 Å². The number of nitrogens with zero attached hydrogens (tertiary/aromatic N) is 1. The molecular formula is C9H8N2OS. The summed E-state index contributed by atoms with van der Waals surface area (Å²) in [4.78, 5) is 16.7. The number of ketones is 1. The van der Waals surface area contributed by atoms with Crippen LogP contribution in [-0.2, 0) is 0 Å². The Hall–Kier alpha value is -1.42. The van der Waals surface area contributed by atoms with Crippen LogP contribution in [0.1, 0.15) is 16.6 Å². The Bertz CT molecular complexity index is 475. The zero-order valence-corrected chi connectivity index (χ0v) is 7.89. The highest BCUT2D eigenvalue weighted by Gasteiger charge is 2.12. The predicted molar refractivity (Wildman–Crippen MR) is 54.0 cm³/mol. The number of rotatable bonds is 1. The van der Waals surface area contributed by atoms with Crippen LogP contribution in [-0.4, -0.2) is 10.8 Å². The van der Waals surface area contributed by atoms with Gasteiger partial charge in [0.05, 0.1) is 10.6 Å². The number of anilines is 1. The van der Waals surface area contributed by atoms with Crippen LogP contribution in [0, 0.1) is 0 Å². The minimum absolute atomic E-state index is 0.000463. The van der Waals surface area contributed by atoms with Gasteiger partial charge in [-0.25, -0.2) is 4.98 Å². The Kier molecular flexibility index (Phi) is 1.77. The zero-order chi connectivity index (χ0) is 9.42. The Labute approximate surface area is 79.2 Å². The molecule has 0 spiro atoms. The van der Waals surface area contributed by atoms with E-state index in [2.05, 4.69) is 4.98 Å². The molecule has 0 aliphatic rings. The monoisotopic (exact) mass is 192 g/mol. The maximum Gasteiger partial charge on any atom is 0.171 e. The molecule has 0 radical (unpaired) electrons. The summed E-state index contributed by atoms with van der Waals surface area (Å²) in [5.41, 5.74) is 6.35. The average molecular weight is 192 g/mol. The first kappa shape index (κ1) is 8.19. The van der Waals surface area contributed by atoms with Crippen molar-refractivity contribution in [2.75, 3.05) is 5.73 Å². The van der Waals surface area contributed by atoms with Crippen molar-refractivity contribution >= 4 is 33.0 Å². The molecule has 2 aromatic heterocycles. The van der Waals surface area contributed by atoms with Crippen molar-refractivity contribution in [1.29, 1.82) is 0 Å². The Balaban J connectivity index is 2.81. The molecule has 2 heterocycles. The van der Waals surface area contributed by atoms with E-state index < -0.39 is 0 Å². The number of Topliss-reactive ketones (excluding diaryl/α,β-unsaturated/α-hetero) is 1. The number of nitrogen functional groups attached to an aromatic ring is 1. The molecule has 0 saturated carbocycles. The van der Waals surface area contributed by atoms with E-state index in [-0.39, 0.29) is 5.78 Å². The Morgan fingerprint density at radius 3 is 3.00 bits per heavy atom. The number of carbonyl (C=O) groups excluding carboxylic acids is 1. The predicted octanol–water partition coefficient (Wildman–Crippen LogP) is 2.08. The van der Waals surface area contributed by atoms with Gasteiger partial charge in [-0.05, 0) is 12.1 Å². The Morgan fingerprint density at radius 1 is 1.62 bits per heavy atom. The van der Waals surface area contributed by atoms with Crippen LogP contribution in [0.2, 0.25) is 0 Å². The topological polar surface area (TPSA) is 56.0 Å². The summed E-state index contributed by atoms with van der Waals surface area (Å²) in [6, 6.07) is 3.69. The van der Waals surface area contributed by atoms with Gasteiger partial charge in [-0.2, -0.15) is 0 Å². The summed E-state index contributed by atoms with van der Waals surface area (Å²) in [6.45, 7) is 1.51. The van der Waals surface area contributed by atoms with Crippen LogP contribution in [0.3, 0.4) is 0 Å². The normalized spacial score (nSPS) is 10.5. The van der Waals surface area contributed by atoms with Gasteiger partial charge in [0.2, 0.25) is 0 Å². The molecule has 13 heavy (non-hydrogen) atoms. The average Bonchev–Trinajstić information content (AvgIpc) is 2.45. The second kappa shape index (κ2) is 2.81. The molecule has 3 nitrogen and oxygen atoms in total. The first-order valence-corrected chi connectivity index (χ1v) is 4.65. The van der Waals surface area contributed by atoms with Crippen molar-refractivity contribution in [1.82, 2.24) is 4.98 Å². The Morgan fingerprint density at radius 2 is 2.38 bits per heavy atom. The number of hydrogen-bond acceptors (Lipinski definition) is 4. The van der Waals surface area contributed by atoms with E-state index in [4.69, 9.17) is 5.73 Å². The molecule has 4 heteroatoms. The molecule has 2 N–H and O–H groups in total. The van der Waals surface area contributed by atoms with Crippen LogP contribution in [0.15, 0.2) is 18.3 Å². The molecular weight excluding hydrogens is 184 g/mol. The highest BCUT2D eigenvalue weighted by atomic mass is 32.1. The molecule has 0 aliphatic carbocycles. The minimum atomic E-state index is 0.000463. The van der Waals surface area contributed by atoms with E-state index in [1.165, 1.54) is 18.3 Å². The number of pyridine rings is 1. The highest BCUT2D eigenvalue weighted by Crippen LogP contribution is 2.31. The van der Waals surface area contributed by atoms with Crippen molar-refractivity contribution < 1.29 is 4.79 Å². The van der Waals surface area contributed by atoms with Crippen LogP contribution >= 0.6 is 11.3 Å².